The van der Waals surface area contributed by atoms with Gasteiger partial charge >= 0.3 is 5.97 Å². The Kier molecular flexibility index (Phi) is 6.58. The second-order valence-corrected chi connectivity index (χ2v) is 7.32. The van der Waals surface area contributed by atoms with Crippen LogP contribution in [0.1, 0.15) is 23.9 Å². The van der Waals surface area contributed by atoms with E-state index < -0.39 is 5.91 Å². The molecule has 0 spiro atoms. The van der Waals surface area contributed by atoms with Gasteiger partial charge in [-0.05, 0) is 80.1 Å². The molecule has 6 nitrogen and oxygen atoms in total. The van der Waals surface area contributed by atoms with Crippen LogP contribution >= 0.6 is 11.6 Å². The van der Waals surface area contributed by atoms with E-state index in [1.165, 1.54) is 6.92 Å². The molecule has 0 saturated carbocycles. The number of aromatic nitrogens is 1. The summed E-state index contributed by atoms with van der Waals surface area (Å²) in [7, 11) is 0. The average molecular weight is 434 g/mol. The molecule has 2 aromatic carbocycles. The van der Waals surface area contributed by atoms with Gasteiger partial charge in [0.05, 0.1) is 0 Å². The number of nitrogens with one attached hydrogen (secondary N) is 1. The van der Waals surface area contributed by atoms with E-state index in [1.807, 2.05) is 42.7 Å². The number of carbonyl (C=O) groups is 2. The number of halogens is 1. The number of nitrogens with zero attached hydrogens (tertiary/aromatic N) is 2. The number of carbonyl (C=O) groups excluding carboxylic acids is 2. The third-order valence-electron chi connectivity index (χ3n) is 4.59. The summed E-state index contributed by atoms with van der Waals surface area (Å²) < 4.78 is 7.07. The zero-order chi connectivity index (χ0) is 22.5. The fraction of sp³-hybridized carbons (Fsp3) is 0.125. The summed E-state index contributed by atoms with van der Waals surface area (Å²) in [5.74, 6) is -0.417. The lowest BCUT2D eigenvalue weighted by atomic mass is 10.1. The molecule has 0 saturated heterocycles. The molecular formula is C24H20ClN3O3. The molecule has 31 heavy (non-hydrogen) atoms. The van der Waals surface area contributed by atoms with E-state index in [0.29, 0.717) is 16.5 Å². The maximum Gasteiger partial charge on any atom is 0.308 e. The Bertz CT molecular complexity index is 1200. The molecule has 0 fully saturated rings. The molecule has 7 heteroatoms. The number of aryl methyl sites for hydroxylation is 1. The molecule has 156 valence electrons. The fourth-order valence-electron chi connectivity index (χ4n) is 3.20. The maximum absolute atomic E-state index is 12.5. The van der Waals surface area contributed by atoms with Crippen molar-refractivity contribution >= 4 is 35.2 Å². The van der Waals surface area contributed by atoms with Gasteiger partial charge in [0.25, 0.3) is 5.91 Å². The average Bonchev–Trinajstić information content (AvgIpc) is 3.01. The predicted molar refractivity (Wildman–Crippen MR) is 120 cm³/mol. The zero-order valence-corrected chi connectivity index (χ0v) is 18.0. The van der Waals surface area contributed by atoms with E-state index >= 15 is 0 Å². The van der Waals surface area contributed by atoms with Crippen LogP contribution < -0.4 is 10.1 Å². The van der Waals surface area contributed by atoms with Crippen molar-refractivity contribution in [1.82, 2.24) is 4.57 Å². The van der Waals surface area contributed by atoms with Crippen molar-refractivity contribution in [2.75, 3.05) is 5.32 Å². The number of amides is 1. The smallest absolute Gasteiger partial charge is 0.308 e. The summed E-state index contributed by atoms with van der Waals surface area (Å²) in [4.78, 5) is 23.6. The lowest BCUT2D eigenvalue weighted by Crippen LogP contribution is -2.13. The second kappa shape index (κ2) is 9.33. The van der Waals surface area contributed by atoms with Crippen molar-refractivity contribution < 1.29 is 14.3 Å². The minimum Gasteiger partial charge on any atom is -0.427 e. The topological polar surface area (TPSA) is 84.1 Å². The first-order chi connectivity index (χ1) is 14.8. The van der Waals surface area contributed by atoms with Gasteiger partial charge < -0.3 is 14.6 Å². The molecule has 1 aromatic heterocycles. The molecule has 3 aromatic rings. The molecular weight excluding hydrogens is 414 g/mol. The third-order valence-corrected chi connectivity index (χ3v) is 4.85. The Labute approximate surface area is 185 Å². The summed E-state index contributed by atoms with van der Waals surface area (Å²) in [5, 5.41) is 12.8. The van der Waals surface area contributed by atoms with E-state index in [2.05, 4.69) is 5.32 Å². The summed E-state index contributed by atoms with van der Waals surface area (Å²) in [6.07, 6.45) is 1.57. The minimum absolute atomic E-state index is 0.0135. The zero-order valence-electron chi connectivity index (χ0n) is 17.3. The van der Waals surface area contributed by atoms with Crippen molar-refractivity contribution in [3.05, 3.63) is 82.1 Å². The molecule has 1 amide bonds. The van der Waals surface area contributed by atoms with E-state index in [1.54, 1.807) is 42.5 Å². The fourth-order valence-corrected chi connectivity index (χ4v) is 3.32. The van der Waals surface area contributed by atoms with Gasteiger partial charge in [-0.2, -0.15) is 5.26 Å². The van der Waals surface area contributed by atoms with Crippen molar-refractivity contribution in [3.63, 3.8) is 0 Å². The van der Waals surface area contributed by atoms with Crippen LogP contribution in [0.4, 0.5) is 5.69 Å². The van der Waals surface area contributed by atoms with Gasteiger partial charge in [0, 0.05) is 34.7 Å². The number of nitriles is 1. The van der Waals surface area contributed by atoms with Gasteiger partial charge in [-0.15, -0.1) is 0 Å². The summed E-state index contributed by atoms with van der Waals surface area (Å²) in [6, 6.07) is 17.6. The Morgan fingerprint density at radius 1 is 1.10 bits per heavy atom. The molecule has 0 bridgehead atoms. The molecule has 1 N–H and O–H groups in total. The number of anilines is 1. The van der Waals surface area contributed by atoms with Gasteiger partial charge in [-0.25, -0.2) is 0 Å². The third kappa shape index (κ3) is 5.21. The van der Waals surface area contributed by atoms with Gasteiger partial charge in [-0.3, -0.25) is 9.59 Å². The van der Waals surface area contributed by atoms with Crippen molar-refractivity contribution in [2.45, 2.75) is 20.8 Å². The predicted octanol–water partition coefficient (Wildman–Crippen LogP) is 5.22. The standard InChI is InChI=1S/C24H20ClN3O3/c1-15-12-18(13-19(14-26)24(30)27-21-6-4-20(25)5-7-21)16(2)28(15)22-8-10-23(11-9-22)31-17(3)29/h4-13H,1-3H3,(H,27,30). The number of esters is 1. The van der Waals surface area contributed by atoms with Crippen molar-refractivity contribution in [1.29, 1.82) is 5.26 Å². The van der Waals surface area contributed by atoms with E-state index in [4.69, 9.17) is 16.3 Å². The molecule has 0 atom stereocenters. The number of hydrogen-bond donors (Lipinski definition) is 1. The molecule has 0 aliphatic rings. The Balaban J connectivity index is 1.88. The normalized spacial score (nSPS) is 11.0. The Morgan fingerprint density at radius 3 is 2.32 bits per heavy atom. The second-order valence-electron chi connectivity index (χ2n) is 6.88. The van der Waals surface area contributed by atoms with E-state index in [-0.39, 0.29) is 11.5 Å². The number of ether oxygens (including phenoxy) is 1. The van der Waals surface area contributed by atoms with Gasteiger partial charge in [0.15, 0.2) is 0 Å². The first kappa shape index (κ1) is 21.9. The van der Waals surface area contributed by atoms with Crippen LogP contribution in [0.3, 0.4) is 0 Å². The van der Waals surface area contributed by atoms with Gasteiger partial charge in [0.1, 0.15) is 17.4 Å². The van der Waals surface area contributed by atoms with Crippen LogP contribution in [0.5, 0.6) is 5.75 Å². The Hall–Kier alpha value is -3.82. The highest BCUT2D eigenvalue weighted by atomic mass is 35.5. The van der Waals surface area contributed by atoms with Crippen LogP contribution in [0, 0.1) is 25.2 Å². The molecule has 0 aliphatic carbocycles. The highest BCUT2D eigenvalue weighted by Crippen LogP contribution is 2.25. The largest absolute Gasteiger partial charge is 0.427 e. The van der Waals surface area contributed by atoms with Crippen LogP contribution in [-0.4, -0.2) is 16.4 Å². The SMILES string of the molecule is CC(=O)Oc1ccc(-n2c(C)cc(C=C(C#N)C(=O)Nc3ccc(Cl)cc3)c2C)cc1. The first-order valence-corrected chi connectivity index (χ1v) is 9.83. The first-order valence-electron chi connectivity index (χ1n) is 9.45. The lowest BCUT2D eigenvalue weighted by Gasteiger charge is -2.10. The monoisotopic (exact) mass is 433 g/mol. The highest BCUT2D eigenvalue weighted by molar-refractivity contribution is 6.30. The highest BCUT2D eigenvalue weighted by Gasteiger charge is 2.14. The Morgan fingerprint density at radius 2 is 1.74 bits per heavy atom. The lowest BCUT2D eigenvalue weighted by molar-refractivity contribution is -0.131. The number of hydrogen-bond acceptors (Lipinski definition) is 4. The van der Waals surface area contributed by atoms with Crippen LogP contribution in [-0.2, 0) is 9.59 Å². The van der Waals surface area contributed by atoms with Crippen molar-refractivity contribution in [3.8, 4) is 17.5 Å². The number of rotatable bonds is 5. The van der Waals surface area contributed by atoms with E-state index in [9.17, 15) is 14.9 Å². The maximum atomic E-state index is 12.5. The van der Waals surface area contributed by atoms with Crippen LogP contribution in [0.25, 0.3) is 11.8 Å². The summed E-state index contributed by atoms with van der Waals surface area (Å²) >= 11 is 5.86. The molecule has 0 unspecified atom stereocenters. The molecule has 0 aliphatic heterocycles. The molecule has 0 radical (unpaired) electrons. The van der Waals surface area contributed by atoms with Crippen LogP contribution in [0.2, 0.25) is 5.02 Å². The van der Waals surface area contributed by atoms with Crippen LogP contribution in [0.15, 0.2) is 60.2 Å². The molecule has 3 rings (SSSR count). The van der Waals surface area contributed by atoms with E-state index in [0.717, 1.165) is 22.6 Å². The summed E-state index contributed by atoms with van der Waals surface area (Å²) in [5.41, 5.74) is 3.96. The quantitative estimate of drug-likeness (QED) is 0.259. The number of benzene rings is 2. The van der Waals surface area contributed by atoms with Gasteiger partial charge in [-0.1, -0.05) is 11.6 Å². The molecule has 1 heterocycles. The summed E-state index contributed by atoms with van der Waals surface area (Å²) in [6.45, 7) is 5.19. The van der Waals surface area contributed by atoms with Gasteiger partial charge in [0.2, 0.25) is 0 Å². The minimum atomic E-state index is -0.500. The van der Waals surface area contributed by atoms with Crippen molar-refractivity contribution in [2.24, 2.45) is 0 Å².